The van der Waals surface area contributed by atoms with Crippen molar-refractivity contribution in [3.05, 3.63) is 40.3 Å². The molecule has 146 valence electrons. The Morgan fingerprint density at radius 1 is 1.22 bits per heavy atom. The summed E-state index contributed by atoms with van der Waals surface area (Å²) in [5.41, 5.74) is 8.92. The SMILES string of the molecule is CCCCCCCCc1ccc(N2CCC(N=[N+]=[N-])(C(=O)OC)C2=O)cc1. The van der Waals surface area contributed by atoms with E-state index in [4.69, 9.17) is 10.3 Å². The molecule has 0 bridgehead atoms. The van der Waals surface area contributed by atoms with Crippen LogP contribution in [-0.4, -0.2) is 31.1 Å². The predicted molar refractivity (Wildman–Crippen MR) is 104 cm³/mol. The third-order valence-electron chi connectivity index (χ3n) is 5.10. The molecule has 0 radical (unpaired) electrons. The van der Waals surface area contributed by atoms with E-state index < -0.39 is 17.4 Å². The first-order chi connectivity index (χ1) is 13.1. The summed E-state index contributed by atoms with van der Waals surface area (Å²) in [6, 6.07) is 7.79. The Hall–Kier alpha value is -2.53. The van der Waals surface area contributed by atoms with Crippen LogP contribution < -0.4 is 4.90 Å². The number of nitrogens with zero attached hydrogens (tertiary/aromatic N) is 4. The Balaban J connectivity index is 1.98. The van der Waals surface area contributed by atoms with Gasteiger partial charge >= 0.3 is 5.97 Å². The van der Waals surface area contributed by atoms with Crippen LogP contribution in [0.3, 0.4) is 0 Å². The third-order valence-corrected chi connectivity index (χ3v) is 5.10. The summed E-state index contributed by atoms with van der Waals surface area (Å²) in [5, 5.41) is 3.49. The summed E-state index contributed by atoms with van der Waals surface area (Å²) in [5.74, 6) is -1.34. The number of unbranched alkanes of at least 4 members (excludes halogenated alkanes) is 5. The average Bonchev–Trinajstić information content (AvgIpc) is 3.02. The number of amides is 1. The van der Waals surface area contributed by atoms with Crippen molar-refractivity contribution >= 4 is 17.6 Å². The standard InChI is InChI=1S/C20H28N4O3/c1-3-4-5-6-7-8-9-16-10-12-17(13-11-16)24-15-14-20(18(24)25,22-23-21)19(26)27-2/h10-13H,3-9,14-15H2,1-2H3. The fourth-order valence-electron chi connectivity index (χ4n) is 3.47. The molecule has 0 aromatic heterocycles. The van der Waals surface area contributed by atoms with Gasteiger partial charge in [-0.1, -0.05) is 56.3 Å². The topological polar surface area (TPSA) is 95.4 Å². The van der Waals surface area contributed by atoms with E-state index in [0.29, 0.717) is 12.2 Å². The first-order valence-electron chi connectivity index (χ1n) is 9.64. The molecular weight excluding hydrogens is 344 g/mol. The number of hydrogen-bond donors (Lipinski definition) is 0. The van der Waals surface area contributed by atoms with E-state index in [9.17, 15) is 9.59 Å². The van der Waals surface area contributed by atoms with Gasteiger partial charge in [0, 0.05) is 17.1 Å². The number of aryl methyl sites for hydroxylation is 1. The van der Waals surface area contributed by atoms with Gasteiger partial charge in [0.15, 0.2) is 0 Å². The molecule has 7 heteroatoms. The van der Waals surface area contributed by atoms with Crippen LogP contribution in [0.1, 0.15) is 57.4 Å². The zero-order valence-corrected chi connectivity index (χ0v) is 16.2. The number of hydrogen-bond acceptors (Lipinski definition) is 4. The summed E-state index contributed by atoms with van der Waals surface area (Å²) in [4.78, 5) is 29.0. The molecule has 1 atom stereocenters. The maximum absolute atomic E-state index is 12.8. The number of carbonyl (C=O) groups excluding carboxylic acids is 2. The van der Waals surface area contributed by atoms with E-state index in [2.05, 4.69) is 16.9 Å². The van der Waals surface area contributed by atoms with Gasteiger partial charge in [-0.05, 0) is 42.5 Å². The Kier molecular flexibility index (Phi) is 7.67. The highest BCUT2D eigenvalue weighted by molar-refractivity contribution is 6.16. The predicted octanol–water partition coefficient (Wildman–Crippen LogP) is 4.55. The summed E-state index contributed by atoms with van der Waals surface area (Å²) in [7, 11) is 1.18. The molecule has 1 aromatic rings. The van der Waals surface area contributed by atoms with Crippen LogP contribution in [0.25, 0.3) is 10.4 Å². The Morgan fingerprint density at radius 2 is 1.89 bits per heavy atom. The van der Waals surface area contributed by atoms with Gasteiger partial charge < -0.3 is 9.64 Å². The Morgan fingerprint density at radius 3 is 2.52 bits per heavy atom. The number of carbonyl (C=O) groups is 2. The highest BCUT2D eigenvalue weighted by Gasteiger charge is 2.54. The number of azide groups is 1. The number of benzene rings is 1. The zero-order chi connectivity index (χ0) is 19.7. The quantitative estimate of drug-likeness (QED) is 0.150. The van der Waals surface area contributed by atoms with Gasteiger partial charge in [0.2, 0.25) is 5.54 Å². The van der Waals surface area contributed by atoms with Crippen molar-refractivity contribution in [3.8, 4) is 0 Å². The van der Waals surface area contributed by atoms with E-state index in [1.807, 2.05) is 24.3 Å². The van der Waals surface area contributed by atoms with Crippen LogP contribution in [0.2, 0.25) is 0 Å². The lowest BCUT2D eigenvalue weighted by Crippen LogP contribution is -2.45. The number of methoxy groups -OCH3 is 1. The highest BCUT2D eigenvalue weighted by atomic mass is 16.5. The molecule has 1 heterocycles. The van der Waals surface area contributed by atoms with Gasteiger partial charge in [-0.3, -0.25) is 9.59 Å². The van der Waals surface area contributed by atoms with Crippen molar-refractivity contribution in [2.45, 2.75) is 63.8 Å². The second kappa shape index (κ2) is 9.97. The number of anilines is 1. The summed E-state index contributed by atoms with van der Waals surface area (Å²) in [6.07, 6.45) is 8.68. The fourth-order valence-corrected chi connectivity index (χ4v) is 3.47. The first-order valence-corrected chi connectivity index (χ1v) is 9.64. The van der Waals surface area contributed by atoms with Crippen LogP contribution in [0.4, 0.5) is 5.69 Å². The molecule has 7 nitrogen and oxygen atoms in total. The van der Waals surface area contributed by atoms with Gasteiger partial charge in [-0.15, -0.1) is 0 Å². The maximum atomic E-state index is 12.8. The lowest BCUT2D eigenvalue weighted by Gasteiger charge is -2.21. The van der Waals surface area contributed by atoms with E-state index in [1.165, 1.54) is 49.7 Å². The van der Waals surface area contributed by atoms with E-state index in [-0.39, 0.29) is 6.42 Å². The monoisotopic (exact) mass is 372 g/mol. The highest BCUT2D eigenvalue weighted by Crippen LogP contribution is 2.32. The molecule has 0 aliphatic carbocycles. The van der Waals surface area contributed by atoms with Crippen molar-refractivity contribution in [3.63, 3.8) is 0 Å². The van der Waals surface area contributed by atoms with E-state index >= 15 is 0 Å². The van der Waals surface area contributed by atoms with Crippen LogP contribution in [-0.2, 0) is 20.7 Å². The molecule has 1 aromatic carbocycles. The van der Waals surface area contributed by atoms with E-state index in [0.717, 1.165) is 12.8 Å². The summed E-state index contributed by atoms with van der Waals surface area (Å²) in [6.45, 7) is 2.53. The van der Waals surface area contributed by atoms with Gasteiger partial charge in [0.1, 0.15) is 0 Å². The largest absolute Gasteiger partial charge is 0.468 e. The minimum Gasteiger partial charge on any atom is -0.468 e. The fraction of sp³-hybridized carbons (Fsp3) is 0.600. The Labute approximate surface area is 160 Å². The zero-order valence-electron chi connectivity index (χ0n) is 16.2. The Bertz CT molecular complexity index is 698. The molecule has 1 aliphatic rings. The van der Waals surface area contributed by atoms with Crippen LogP contribution in [0, 0.1) is 0 Å². The van der Waals surface area contributed by atoms with Crippen LogP contribution in [0.15, 0.2) is 29.4 Å². The van der Waals surface area contributed by atoms with Crippen molar-refractivity contribution < 1.29 is 14.3 Å². The molecule has 1 amide bonds. The van der Waals surface area contributed by atoms with Gasteiger partial charge in [0.25, 0.3) is 5.91 Å². The third kappa shape index (κ3) is 4.80. The summed E-state index contributed by atoms with van der Waals surface area (Å²) >= 11 is 0. The molecule has 27 heavy (non-hydrogen) atoms. The van der Waals surface area contributed by atoms with Gasteiger partial charge in [-0.2, -0.15) is 0 Å². The lowest BCUT2D eigenvalue weighted by atomic mass is 9.99. The molecule has 0 spiro atoms. The van der Waals surface area contributed by atoms with Gasteiger partial charge in [0.05, 0.1) is 7.11 Å². The molecule has 0 N–H and O–H groups in total. The number of ether oxygens (including phenoxy) is 1. The van der Waals surface area contributed by atoms with Crippen molar-refractivity contribution in [2.75, 3.05) is 18.6 Å². The molecule has 2 rings (SSSR count). The first kappa shape index (κ1) is 20.8. The van der Waals surface area contributed by atoms with Gasteiger partial charge in [-0.25, -0.2) is 0 Å². The minimum atomic E-state index is -1.79. The smallest absolute Gasteiger partial charge is 0.327 e. The molecule has 1 unspecified atom stereocenters. The maximum Gasteiger partial charge on any atom is 0.327 e. The number of rotatable bonds is 10. The molecule has 0 saturated carbocycles. The number of esters is 1. The molecule has 1 aliphatic heterocycles. The van der Waals surface area contributed by atoms with Crippen molar-refractivity contribution in [2.24, 2.45) is 5.11 Å². The van der Waals surface area contributed by atoms with Crippen molar-refractivity contribution in [1.29, 1.82) is 0 Å². The van der Waals surface area contributed by atoms with Crippen LogP contribution >= 0.6 is 0 Å². The molecule has 1 fully saturated rings. The average molecular weight is 372 g/mol. The lowest BCUT2D eigenvalue weighted by molar-refractivity contribution is -0.150. The molecular formula is C20H28N4O3. The second-order valence-corrected chi connectivity index (χ2v) is 6.93. The minimum absolute atomic E-state index is 0.113. The summed E-state index contributed by atoms with van der Waals surface area (Å²) < 4.78 is 4.69. The van der Waals surface area contributed by atoms with Crippen molar-refractivity contribution in [1.82, 2.24) is 0 Å². The second-order valence-electron chi connectivity index (χ2n) is 6.93. The van der Waals surface area contributed by atoms with Crippen LogP contribution in [0.5, 0.6) is 0 Å². The molecule has 1 saturated heterocycles. The normalized spacial score (nSPS) is 19.0. The van der Waals surface area contributed by atoms with E-state index in [1.54, 1.807) is 0 Å².